The number of aliphatic hydroxyl groups excluding tert-OH is 1. The molecule has 0 spiro atoms. The van der Waals surface area contributed by atoms with Gasteiger partial charge in [0.15, 0.2) is 0 Å². The summed E-state index contributed by atoms with van der Waals surface area (Å²) in [6.45, 7) is 4.04. The summed E-state index contributed by atoms with van der Waals surface area (Å²) in [5.74, 6) is 1.000. The first-order chi connectivity index (χ1) is 10.2. The van der Waals surface area contributed by atoms with E-state index in [4.69, 9.17) is 0 Å². The predicted octanol–water partition coefficient (Wildman–Crippen LogP) is 0.675. The summed E-state index contributed by atoms with van der Waals surface area (Å²) in [5, 5.41) is 9.68. The molecule has 1 aromatic rings. The second-order valence-corrected chi connectivity index (χ2v) is 5.97. The van der Waals surface area contributed by atoms with Gasteiger partial charge in [0, 0.05) is 37.9 Å². The van der Waals surface area contributed by atoms with E-state index in [9.17, 15) is 9.90 Å². The maximum absolute atomic E-state index is 12.7. The van der Waals surface area contributed by atoms with Crippen LogP contribution in [-0.4, -0.2) is 57.7 Å². The van der Waals surface area contributed by atoms with Crippen molar-refractivity contribution in [2.45, 2.75) is 38.3 Å². The number of carbonyl (C=O) groups excluding carboxylic acids is 1. The topological polar surface area (TPSA) is 69.6 Å². The summed E-state index contributed by atoms with van der Waals surface area (Å²) >= 11 is 0. The van der Waals surface area contributed by atoms with Crippen molar-refractivity contribution in [3.63, 3.8) is 0 Å². The van der Waals surface area contributed by atoms with Gasteiger partial charge in [-0.05, 0) is 32.3 Å². The lowest BCUT2D eigenvalue weighted by Gasteiger charge is -2.28. The summed E-state index contributed by atoms with van der Waals surface area (Å²) in [4.78, 5) is 25.2. The van der Waals surface area contributed by atoms with Crippen molar-refractivity contribution in [3.05, 3.63) is 18.5 Å². The Balaban J connectivity index is 1.70. The molecular formula is C15H22N4O2. The highest BCUT2D eigenvalue weighted by Crippen LogP contribution is 2.26. The van der Waals surface area contributed by atoms with E-state index in [1.54, 1.807) is 25.4 Å². The van der Waals surface area contributed by atoms with Crippen LogP contribution in [-0.2, 0) is 4.79 Å². The molecule has 0 aliphatic carbocycles. The molecular weight excluding hydrogens is 268 g/mol. The summed E-state index contributed by atoms with van der Waals surface area (Å²) in [5.41, 5.74) is 0. The summed E-state index contributed by atoms with van der Waals surface area (Å²) in [6.07, 6.45) is 5.80. The van der Waals surface area contributed by atoms with E-state index < -0.39 is 0 Å². The molecule has 0 aromatic carbocycles. The van der Waals surface area contributed by atoms with Crippen LogP contribution in [0.15, 0.2) is 18.5 Å². The van der Waals surface area contributed by atoms with E-state index >= 15 is 0 Å². The summed E-state index contributed by atoms with van der Waals surface area (Å²) in [6, 6.07) is 1.63. The Hall–Kier alpha value is -1.69. The molecule has 3 unspecified atom stereocenters. The van der Waals surface area contributed by atoms with Gasteiger partial charge in [0.05, 0.1) is 6.10 Å². The highest BCUT2D eigenvalue weighted by atomic mass is 16.3. The van der Waals surface area contributed by atoms with E-state index in [1.807, 2.05) is 9.80 Å². The monoisotopic (exact) mass is 290 g/mol. The average Bonchev–Trinajstić information content (AvgIpc) is 3.17. The second-order valence-electron chi connectivity index (χ2n) is 5.97. The van der Waals surface area contributed by atoms with Gasteiger partial charge in [-0.1, -0.05) is 0 Å². The number of hydrogen-bond donors (Lipinski definition) is 1. The Morgan fingerprint density at radius 2 is 2.10 bits per heavy atom. The second kappa shape index (κ2) is 5.97. The van der Waals surface area contributed by atoms with Gasteiger partial charge in [-0.3, -0.25) is 4.79 Å². The van der Waals surface area contributed by atoms with Crippen LogP contribution < -0.4 is 4.90 Å². The quantitative estimate of drug-likeness (QED) is 0.886. The first-order valence-corrected chi connectivity index (χ1v) is 7.67. The normalized spacial score (nSPS) is 27.1. The van der Waals surface area contributed by atoms with Crippen LogP contribution in [0, 0.1) is 5.92 Å². The predicted molar refractivity (Wildman–Crippen MR) is 78.8 cm³/mol. The van der Waals surface area contributed by atoms with Gasteiger partial charge in [0.25, 0.3) is 0 Å². The minimum atomic E-state index is -0.347. The van der Waals surface area contributed by atoms with Gasteiger partial charge in [0.1, 0.15) is 6.04 Å². The third kappa shape index (κ3) is 2.85. The molecule has 2 saturated heterocycles. The van der Waals surface area contributed by atoms with Crippen LogP contribution in [0.4, 0.5) is 5.95 Å². The van der Waals surface area contributed by atoms with Crippen LogP contribution in [0.5, 0.6) is 0 Å². The minimum Gasteiger partial charge on any atom is -0.393 e. The number of hydrogen-bond acceptors (Lipinski definition) is 5. The van der Waals surface area contributed by atoms with E-state index in [-0.39, 0.29) is 24.0 Å². The fourth-order valence-electron chi connectivity index (χ4n) is 3.29. The largest absolute Gasteiger partial charge is 0.393 e. The lowest BCUT2D eigenvalue weighted by Crippen LogP contribution is -2.45. The maximum atomic E-state index is 12.7. The maximum Gasteiger partial charge on any atom is 0.245 e. The highest BCUT2D eigenvalue weighted by Gasteiger charge is 2.38. The number of aromatic nitrogens is 2. The Bertz CT molecular complexity index is 494. The highest BCUT2D eigenvalue weighted by molar-refractivity contribution is 5.85. The van der Waals surface area contributed by atoms with E-state index in [0.29, 0.717) is 12.5 Å². The third-order valence-corrected chi connectivity index (χ3v) is 4.57. The third-order valence-electron chi connectivity index (χ3n) is 4.57. The number of anilines is 1. The molecule has 1 amide bonds. The van der Waals surface area contributed by atoms with Gasteiger partial charge in [-0.2, -0.15) is 0 Å². The van der Waals surface area contributed by atoms with Gasteiger partial charge in [-0.25, -0.2) is 9.97 Å². The number of rotatable bonds is 3. The molecule has 2 aliphatic heterocycles. The number of carbonyl (C=O) groups is 1. The number of nitrogens with zero attached hydrogens (tertiary/aromatic N) is 4. The van der Waals surface area contributed by atoms with Gasteiger partial charge in [0.2, 0.25) is 11.9 Å². The fraction of sp³-hybridized carbons (Fsp3) is 0.667. The van der Waals surface area contributed by atoms with Gasteiger partial charge >= 0.3 is 0 Å². The van der Waals surface area contributed by atoms with E-state index in [2.05, 4.69) is 9.97 Å². The van der Waals surface area contributed by atoms with E-state index in [0.717, 1.165) is 32.4 Å². The zero-order valence-electron chi connectivity index (χ0n) is 12.4. The fourth-order valence-corrected chi connectivity index (χ4v) is 3.29. The zero-order chi connectivity index (χ0) is 14.8. The molecule has 3 heterocycles. The molecule has 114 valence electrons. The molecule has 0 saturated carbocycles. The molecule has 21 heavy (non-hydrogen) atoms. The first kappa shape index (κ1) is 14.3. The molecule has 2 fully saturated rings. The lowest BCUT2D eigenvalue weighted by molar-refractivity contribution is -0.131. The first-order valence-electron chi connectivity index (χ1n) is 7.67. The number of aliphatic hydroxyl groups is 1. The lowest BCUT2D eigenvalue weighted by atomic mass is 10.0. The number of amides is 1. The van der Waals surface area contributed by atoms with Crippen molar-refractivity contribution in [1.82, 2.24) is 14.9 Å². The van der Waals surface area contributed by atoms with Crippen LogP contribution in [0.3, 0.4) is 0 Å². The molecule has 3 atom stereocenters. The smallest absolute Gasteiger partial charge is 0.245 e. The molecule has 0 bridgehead atoms. The van der Waals surface area contributed by atoms with Crippen LogP contribution in [0.2, 0.25) is 0 Å². The summed E-state index contributed by atoms with van der Waals surface area (Å²) < 4.78 is 0. The molecule has 6 heteroatoms. The molecule has 6 nitrogen and oxygen atoms in total. The van der Waals surface area contributed by atoms with Crippen LogP contribution in [0.25, 0.3) is 0 Å². The van der Waals surface area contributed by atoms with Crippen molar-refractivity contribution in [1.29, 1.82) is 0 Å². The Labute approximate surface area is 124 Å². The van der Waals surface area contributed by atoms with Crippen molar-refractivity contribution >= 4 is 11.9 Å². The standard InChI is InChI=1S/C15H22N4O2/c1-11(20)12-5-9-18(10-12)14(21)13-4-2-8-19(13)15-16-6-3-7-17-15/h3,6-7,11-13,20H,2,4-5,8-10H2,1H3. The molecule has 2 aliphatic rings. The Morgan fingerprint density at radius 1 is 1.33 bits per heavy atom. The Kier molecular flexibility index (Phi) is 4.05. The van der Waals surface area contributed by atoms with Gasteiger partial charge < -0.3 is 14.9 Å². The van der Waals surface area contributed by atoms with Crippen molar-refractivity contribution < 1.29 is 9.90 Å². The summed E-state index contributed by atoms with van der Waals surface area (Å²) in [7, 11) is 0. The number of likely N-dealkylation sites (tertiary alicyclic amines) is 1. The van der Waals surface area contributed by atoms with E-state index in [1.165, 1.54) is 0 Å². The molecule has 1 aromatic heterocycles. The van der Waals surface area contributed by atoms with Crippen molar-refractivity contribution in [3.8, 4) is 0 Å². The van der Waals surface area contributed by atoms with Crippen molar-refractivity contribution in [2.24, 2.45) is 5.92 Å². The molecule has 3 rings (SSSR count). The minimum absolute atomic E-state index is 0.153. The van der Waals surface area contributed by atoms with Crippen molar-refractivity contribution in [2.75, 3.05) is 24.5 Å². The molecule has 1 N–H and O–H groups in total. The average molecular weight is 290 g/mol. The SMILES string of the molecule is CC(O)C1CCN(C(=O)C2CCCN2c2ncccn2)C1. The van der Waals surface area contributed by atoms with Crippen LogP contribution >= 0.6 is 0 Å². The zero-order valence-corrected chi connectivity index (χ0v) is 12.4. The molecule has 0 radical (unpaired) electrons. The Morgan fingerprint density at radius 3 is 2.76 bits per heavy atom. The van der Waals surface area contributed by atoms with Gasteiger partial charge in [-0.15, -0.1) is 0 Å². The van der Waals surface area contributed by atoms with Crippen LogP contribution in [0.1, 0.15) is 26.2 Å².